The lowest BCUT2D eigenvalue weighted by atomic mass is 9.94. The number of halogens is 1. The Labute approximate surface area is 172 Å². The smallest absolute Gasteiger partial charge is 0.335 e. The van der Waals surface area contributed by atoms with Crippen LogP contribution in [-0.2, 0) is 4.74 Å². The topological polar surface area (TPSA) is 87.1 Å². The first-order valence-electron chi connectivity index (χ1n) is 9.56. The lowest BCUT2D eigenvalue weighted by Gasteiger charge is -2.34. The number of fused-ring (bicyclic) bond motifs is 1. The average Bonchev–Trinajstić information content (AvgIpc) is 2.77. The van der Waals surface area contributed by atoms with E-state index in [4.69, 9.17) is 9.84 Å². The van der Waals surface area contributed by atoms with E-state index in [-0.39, 0.29) is 30.2 Å². The summed E-state index contributed by atoms with van der Waals surface area (Å²) in [6.45, 7) is 0.868. The normalized spacial score (nSPS) is 16.6. The van der Waals surface area contributed by atoms with Gasteiger partial charge in [-0.1, -0.05) is 36.4 Å². The Hall–Kier alpha value is -3.29. The number of aliphatic hydroxyl groups is 1. The Morgan fingerprint density at radius 3 is 2.57 bits per heavy atom. The van der Waals surface area contributed by atoms with Gasteiger partial charge in [-0.05, 0) is 34.5 Å². The monoisotopic (exact) mass is 409 g/mol. The molecular weight excluding hydrogens is 389 g/mol. The minimum absolute atomic E-state index is 0.130. The summed E-state index contributed by atoms with van der Waals surface area (Å²) >= 11 is 0. The molecule has 1 aliphatic rings. The Balaban J connectivity index is 1.81. The van der Waals surface area contributed by atoms with Gasteiger partial charge >= 0.3 is 5.97 Å². The third-order valence-electron chi connectivity index (χ3n) is 5.36. The van der Waals surface area contributed by atoms with Crippen LogP contribution in [0.5, 0.6) is 0 Å². The van der Waals surface area contributed by atoms with E-state index < -0.39 is 17.8 Å². The number of amides is 1. The highest BCUT2D eigenvalue weighted by molar-refractivity contribution is 6.10. The molecule has 6 nitrogen and oxygen atoms in total. The van der Waals surface area contributed by atoms with Crippen LogP contribution in [0.2, 0.25) is 0 Å². The summed E-state index contributed by atoms with van der Waals surface area (Å²) in [6, 6.07) is 13.9. The van der Waals surface area contributed by atoms with Crippen molar-refractivity contribution in [1.82, 2.24) is 4.90 Å². The van der Waals surface area contributed by atoms with Crippen LogP contribution in [-0.4, -0.2) is 59.4 Å². The predicted molar refractivity (Wildman–Crippen MR) is 109 cm³/mol. The van der Waals surface area contributed by atoms with Gasteiger partial charge in [0.15, 0.2) is 0 Å². The highest BCUT2D eigenvalue weighted by Gasteiger charge is 2.28. The van der Waals surface area contributed by atoms with Crippen LogP contribution in [0.25, 0.3) is 21.9 Å². The molecule has 1 fully saturated rings. The standard InChI is InChI=1S/C23H20FNO5/c24-21-11-14(23(28)29)7-8-19(21)17-4-1-5-18-16(17)3-2-6-20(18)22(27)25-9-10-30-13-15(25)12-26/h1-8,11,15,26H,9-10,12-13H2,(H,28,29). The molecule has 30 heavy (non-hydrogen) atoms. The molecule has 4 rings (SSSR count). The molecule has 3 aromatic carbocycles. The molecule has 2 N–H and O–H groups in total. The number of hydrogen-bond acceptors (Lipinski definition) is 4. The number of benzene rings is 3. The Morgan fingerprint density at radius 2 is 1.83 bits per heavy atom. The second-order valence-electron chi connectivity index (χ2n) is 7.12. The quantitative estimate of drug-likeness (QED) is 0.691. The number of rotatable bonds is 4. The average molecular weight is 409 g/mol. The lowest BCUT2D eigenvalue weighted by molar-refractivity contribution is -0.0183. The molecule has 3 aromatic rings. The molecule has 0 spiro atoms. The summed E-state index contributed by atoms with van der Waals surface area (Å²) < 4.78 is 20.0. The summed E-state index contributed by atoms with van der Waals surface area (Å²) in [7, 11) is 0. The number of carbonyl (C=O) groups excluding carboxylic acids is 1. The maximum atomic E-state index is 14.7. The second kappa shape index (κ2) is 8.22. The van der Waals surface area contributed by atoms with Gasteiger partial charge in [0.1, 0.15) is 5.82 Å². The van der Waals surface area contributed by atoms with Crippen molar-refractivity contribution in [3.8, 4) is 11.1 Å². The summed E-state index contributed by atoms with van der Waals surface area (Å²) in [5.74, 6) is -2.07. The van der Waals surface area contributed by atoms with Gasteiger partial charge in [-0.15, -0.1) is 0 Å². The second-order valence-corrected chi connectivity index (χ2v) is 7.12. The molecule has 0 radical (unpaired) electrons. The zero-order chi connectivity index (χ0) is 21.3. The third kappa shape index (κ3) is 3.53. The van der Waals surface area contributed by atoms with Crippen LogP contribution in [0.15, 0.2) is 54.6 Å². The highest BCUT2D eigenvalue weighted by Crippen LogP contribution is 2.33. The molecule has 0 aliphatic carbocycles. The van der Waals surface area contributed by atoms with Gasteiger partial charge in [-0.25, -0.2) is 9.18 Å². The minimum atomic E-state index is -1.20. The van der Waals surface area contributed by atoms with Crippen molar-refractivity contribution in [1.29, 1.82) is 0 Å². The fraction of sp³-hybridized carbons (Fsp3) is 0.217. The molecule has 0 aromatic heterocycles. The molecule has 7 heteroatoms. The molecule has 1 unspecified atom stereocenters. The van der Waals surface area contributed by atoms with Gasteiger partial charge in [0.05, 0.1) is 31.4 Å². The van der Waals surface area contributed by atoms with E-state index >= 15 is 0 Å². The molecule has 0 bridgehead atoms. The number of hydrogen-bond donors (Lipinski definition) is 2. The van der Waals surface area contributed by atoms with E-state index in [0.29, 0.717) is 35.1 Å². The first-order chi connectivity index (χ1) is 14.5. The van der Waals surface area contributed by atoms with Crippen molar-refractivity contribution in [2.75, 3.05) is 26.4 Å². The number of ether oxygens (including phenoxy) is 1. The van der Waals surface area contributed by atoms with Crippen molar-refractivity contribution in [3.63, 3.8) is 0 Å². The molecule has 1 saturated heterocycles. The minimum Gasteiger partial charge on any atom is -0.478 e. The largest absolute Gasteiger partial charge is 0.478 e. The van der Waals surface area contributed by atoms with Gasteiger partial charge in [0, 0.05) is 17.7 Å². The predicted octanol–water partition coefficient (Wildman–Crippen LogP) is 3.18. The summed E-state index contributed by atoms with van der Waals surface area (Å²) in [4.78, 5) is 25.9. The zero-order valence-corrected chi connectivity index (χ0v) is 16.0. The zero-order valence-electron chi connectivity index (χ0n) is 16.0. The Bertz CT molecular complexity index is 1130. The van der Waals surface area contributed by atoms with Gasteiger partial charge in [0.2, 0.25) is 0 Å². The van der Waals surface area contributed by atoms with Gasteiger partial charge in [-0.2, -0.15) is 0 Å². The Kier molecular flexibility index (Phi) is 5.48. The molecule has 1 atom stereocenters. The van der Waals surface area contributed by atoms with E-state index in [1.807, 2.05) is 0 Å². The molecule has 154 valence electrons. The summed E-state index contributed by atoms with van der Waals surface area (Å²) in [5, 5.41) is 20.0. The SMILES string of the molecule is O=C(O)c1ccc(-c2cccc3c(C(=O)N4CCOCC4CO)cccc23)c(F)c1. The van der Waals surface area contributed by atoms with E-state index in [0.717, 1.165) is 6.07 Å². The summed E-state index contributed by atoms with van der Waals surface area (Å²) in [6.07, 6.45) is 0. The highest BCUT2D eigenvalue weighted by atomic mass is 19.1. The first-order valence-corrected chi connectivity index (χ1v) is 9.56. The maximum absolute atomic E-state index is 14.7. The van der Waals surface area contributed by atoms with Gasteiger partial charge in [-0.3, -0.25) is 4.79 Å². The molecular formula is C23H20FNO5. The molecule has 0 saturated carbocycles. The van der Waals surface area contributed by atoms with E-state index in [1.165, 1.54) is 12.1 Å². The van der Waals surface area contributed by atoms with Crippen molar-refractivity contribution < 1.29 is 28.9 Å². The van der Waals surface area contributed by atoms with Crippen LogP contribution in [0.4, 0.5) is 4.39 Å². The van der Waals surface area contributed by atoms with Crippen molar-refractivity contribution in [3.05, 3.63) is 71.5 Å². The fourth-order valence-electron chi connectivity index (χ4n) is 3.83. The van der Waals surface area contributed by atoms with Gasteiger partial charge < -0.3 is 19.8 Å². The van der Waals surface area contributed by atoms with Crippen LogP contribution in [0, 0.1) is 5.82 Å². The van der Waals surface area contributed by atoms with Crippen LogP contribution in [0.1, 0.15) is 20.7 Å². The number of aliphatic hydroxyl groups excluding tert-OH is 1. The fourth-order valence-corrected chi connectivity index (χ4v) is 3.83. The van der Waals surface area contributed by atoms with Crippen LogP contribution >= 0.6 is 0 Å². The number of carboxylic acids is 1. The number of carboxylic acid groups (broad SMARTS) is 1. The van der Waals surface area contributed by atoms with Crippen LogP contribution in [0.3, 0.4) is 0 Å². The Morgan fingerprint density at radius 1 is 1.07 bits per heavy atom. The van der Waals surface area contributed by atoms with Gasteiger partial charge in [0.25, 0.3) is 5.91 Å². The van der Waals surface area contributed by atoms with Crippen molar-refractivity contribution >= 4 is 22.6 Å². The lowest BCUT2D eigenvalue weighted by Crippen LogP contribution is -2.50. The first kappa shape index (κ1) is 20.0. The molecule has 1 aliphatic heterocycles. The molecule has 1 heterocycles. The maximum Gasteiger partial charge on any atom is 0.335 e. The molecule has 1 amide bonds. The number of aromatic carboxylic acids is 1. The van der Waals surface area contributed by atoms with E-state index in [1.54, 1.807) is 41.3 Å². The summed E-state index contributed by atoms with van der Waals surface area (Å²) in [5.41, 5.74) is 1.15. The van der Waals surface area contributed by atoms with E-state index in [9.17, 15) is 19.1 Å². The van der Waals surface area contributed by atoms with Crippen molar-refractivity contribution in [2.45, 2.75) is 6.04 Å². The third-order valence-corrected chi connectivity index (χ3v) is 5.36. The number of morpholine rings is 1. The van der Waals surface area contributed by atoms with E-state index in [2.05, 4.69) is 0 Å². The van der Waals surface area contributed by atoms with Crippen molar-refractivity contribution in [2.24, 2.45) is 0 Å². The van der Waals surface area contributed by atoms with Crippen LogP contribution < -0.4 is 0 Å². The number of carbonyl (C=O) groups is 2. The number of nitrogens with zero attached hydrogens (tertiary/aromatic N) is 1.